The fraction of sp³-hybridized carbons (Fsp3) is 0.393. The Labute approximate surface area is 227 Å². The lowest BCUT2D eigenvalue weighted by Crippen LogP contribution is -2.48. The number of nitrogens with zero attached hydrogens (tertiary/aromatic N) is 5. The number of para-hydroxylation sites is 2. The Morgan fingerprint density at radius 2 is 1.95 bits per heavy atom. The number of allylic oxidation sites excluding steroid dienone is 2. The van der Waals surface area contributed by atoms with Gasteiger partial charge < -0.3 is 20.4 Å². The van der Waals surface area contributed by atoms with Gasteiger partial charge in [-0.3, -0.25) is 19.4 Å². The van der Waals surface area contributed by atoms with Crippen molar-refractivity contribution in [2.75, 3.05) is 18.4 Å². The molecule has 11 nitrogen and oxygen atoms in total. The van der Waals surface area contributed by atoms with Crippen LogP contribution in [0.2, 0.25) is 0 Å². The molecule has 2 unspecified atom stereocenters. The average Bonchev–Trinajstić information content (AvgIpc) is 3.57. The number of amides is 2. The molecule has 2 aromatic heterocycles. The number of H-pyrrole nitrogens is 1. The normalized spacial score (nSPS) is 21.8. The number of carbonyl (C=O) groups excluding carboxylic acids is 2. The van der Waals surface area contributed by atoms with Gasteiger partial charge in [-0.25, -0.2) is 9.78 Å². The molecule has 11 heteroatoms. The highest BCUT2D eigenvalue weighted by atomic mass is 16.6. The van der Waals surface area contributed by atoms with Crippen LogP contribution in [-0.2, 0) is 16.6 Å². The number of aryl methyl sites for hydroxylation is 1. The van der Waals surface area contributed by atoms with Gasteiger partial charge in [0.15, 0.2) is 11.6 Å². The Bertz CT molecular complexity index is 1430. The number of hydrogen-bond acceptors (Lipinski definition) is 7. The summed E-state index contributed by atoms with van der Waals surface area (Å²) in [6.45, 7) is 6.55. The van der Waals surface area contributed by atoms with Gasteiger partial charge in [0.25, 0.3) is 5.91 Å². The molecular formula is C28H34N8O3. The Balaban J connectivity index is 1.31. The van der Waals surface area contributed by atoms with E-state index < -0.39 is 5.60 Å². The zero-order valence-electron chi connectivity index (χ0n) is 22.6. The minimum absolute atomic E-state index is 0.0148. The quantitative estimate of drug-likeness (QED) is 0.473. The summed E-state index contributed by atoms with van der Waals surface area (Å²) in [5.41, 5.74) is 2.30. The maximum atomic E-state index is 13.2. The molecule has 2 amide bonds. The third-order valence-electron chi connectivity index (χ3n) is 6.63. The standard InChI is InChI=1S/C28H34N8O3/c1-28(2,3)39-27(38)36-19-11-12-20(36)17-30-15-18(8-7-13-29-16-19)26(37)33-24-14-23(35(4)34-24)25-31-21-9-5-6-10-22(21)32-25/h5-10,13-15,19-20,29H,11-12,16-17H2,1-4H3,(H,31,32)(H,33,34,37)/b13-7+,18-8+,30-15?. The molecule has 5 rings (SSSR count). The summed E-state index contributed by atoms with van der Waals surface area (Å²) < 4.78 is 7.34. The van der Waals surface area contributed by atoms with E-state index in [1.807, 2.05) is 45.0 Å². The number of ether oxygens (including phenoxy) is 1. The minimum Gasteiger partial charge on any atom is -0.444 e. The second-order valence-electron chi connectivity index (χ2n) is 10.8. The Hall–Kier alpha value is -4.41. The summed E-state index contributed by atoms with van der Waals surface area (Å²) in [5.74, 6) is 0.718. The number of benzene rings is 1. The fourth-order valence-electron chi connectivity index (χ4n) is 4.84. The van der Waals surface area contributed by atoms with Crippen molar-refractivity contribution in [2.24, 2.45) is 12.0 Å². The van der Waals surface area contributed by atoms with Crippen LogP contribution in [0.5, 0.6) is 0 Å². The van der Waals surface area contributed by atoms with E-state index >= 15 is 0 Å². The van der Waals surface area contributed by atoms with E-state index in [4.69, 9.17) is 4.74 Å². The van der Waals surface area contributed by atoms with Crippen LogP contribution in [0.15, 0.2) is 59.2 Å². The topological polar surface area (TPSA) is 130 Å². The molecule has 1 fully saturated rings. The van der Waals surface area contributed by atoms with Crippen LogP contribution in [0.3, 0.4) is 0 Å². The summed E-state index contributed by atoms with van der Waals surface area (Å²) in [6.07, 6.45) is 8.10. The number of carbonyl (C=O) groups is 2. The summed E-state index contributed by atoms with van der Waals surface area (Å²) in [5, 5.41) is 10.6. The zero-order valence-corrected chi connectivity index (χ0v) is 22.6. The van der Waals surface area contributed by atoms with Crippen molar-refractivity contribution in [2.45, 2.75) is 51.3 Å². The Morgan fingerprint density at radius 1 is 1.15 bits per heavy atom. The molecular weight excluding hydrogens is 496 g/mol. The van der Waals surface area contributed by atoms with Gasteiger partial charge >= 0.3 is 6.09 Å². The first-order valence-electron chi connectivity index (χ1n) is 13.1. The maximum absolute atomic E-state index is 13.2. The van der Waals surface area contributed by atoms with Crippen molar-refractivity contribution in [3.8, 4) is 11.5 Å². The first-order chi connectivity index (χ1) is 18.7. The lowest BCUT2D eigenvalue weighted by atomic mass is 10.2. The molecule has 2 bridgehead atoms. The number of aromatic amines is 1. The number of aromatic nitrogens is 4. The monoisotopic (exact) mass is 530 g/mol. The number of nitrogens with one attached hydrogen (secondary N) is 3. The summed E-state index contributed by atoms with van der Waals surface area (Å²) >= 11 is 0. The van der Waals surface area contributed by atoms with Crippen molar-refractivity contribution in [3.05, 3.63) is 54.3 Å². The average molecular weight is 531 g/mol. The van der Waals surface area contributed by atoms with Crippen molar-refractivity contribution >= 4 is 35.1 Å². The second-order valence-corrected chi connectivity index (χ2v) is 10.8. The van der Waals surface area contributed by atoms with Crippen LogP contribution in [0.1, 0.15) is 33.6 Å². The summed E-state index contributed by atoms with van der Waals surface area (Å²) in [7, 11) is 1.80. The third-order valence-corrected chi connectivity index (χ3v) is 6.63. The number of anilines is 1. The van der Waals surface area contributed by atoms with Gasteiger partial charge in [0.1, 0.15) is 11.3 Å². The van der Waals surface area contributed by atoms with E-state index in [0.29, 0.717) is 30.3 Å². The molecule has 0 aliphatic carbocycles. The zero-order chi connectivity index (χ0) is 27.6. The number of imidazole rings is 1. The SMILES string of the molecule is Cn1nc(NC(=O)/C2=C/C=C/NCC3CCC(CN=C2)N3C(=O)OC(C)(C)C)cc1-c1nc2ccccc2[nH]1. The highest BCUT2D eigenvalue weighted by Crippen LogP contribution is 2.27. The molecule has 2 aliphatic rings. The van der Waals surface area contributed by atoms with E-state index in [-0.39, 0.29) is 24.1 Å². The van der Waals surface area contributed by atoms with Crippen LogP contribution in [0.4, 0.5) is 10.6 Å². The largest absolute Gasteiger partial charge is 0.444 e. The summed E-state index contributed by atoms with van der Waals surface area (Å²) in [6, 6.07) is 9.47. The fourth-order valence-corrected chi connectivity index (χ4v) is 4.84. The van der Waals surface area contributed by atoms with Gasteiger partial charge in [0.05, 0.1) is 35.2 Å². The number of aliphatic imine (C=N–C) groups is 1. The van der Waals surface area contributed by atoms with Gasteiger partial charge in [0.2, 0.25) is 0 Å². The van der Waals surface area contributed by atoms with Crippen LogP contribution >= 0.6 is 0 Å². The number of fused-ring (bicyclic) bond motifs is 3. The molecule has 1 aromatic carbocycles. The van der Waals surface area contributed by atoms with Crippen LogP contribution < -0.4 is 10.6 Å². The molecule has 0 saturated carbocycles. The number of rotatable bonds is 3. The van der Waals surface area contributed by atoms with Gasteiger partial charge in [-0.1, -0.05) is 12.1 Å². The van der Waals surface area contributed by atoms with Gasteiger partial charge in [0, 0.05) is 25.9 Å². The predicted molar refractivity (Wildman–Crippen MR) is 150 cm³/mol. The van der Waals surface area contributed by atoms with E-state index in [1.165, 1.54) is 0 Å². The molecule has 2 aliphatic heterocycles. The van der Waals surface area contributed by atoms with Gasteiger partial charge in [-0.15, -0.1) is 0 Å². The van der Waals surface area contributed by atoms with E-state index in [2.05, 4.69) is 30.7 Å². The maximum Gasteiger partial charge on any atom is 0.410 e. The van der Waals surface area contributed by atoms with Crippen molar-refractivity contribution in [3.63, 3.8) is 0 Å². The molecule has 4 heterocycles. The van der Waals surface area contributed by atoms with Crippen LogP contribution in [0, 0.1) is 0 Å². The van der Waals surface area contributed by atoms with Crippen LogP contribution in [-0.4, -0.2) is 73.6 Å². The van der Waals surface area contributed by atoms with Crippen molar-refractivity contribution in [1.82, 2.24) is 30.0 Å². The van der Waals surface area contributed by atoms with Crippen LogP contribution in [0.25, 0.3) is 22.6 Å². The van der Waals surface area contributed by atoms with Crippen molar-refractivity contribution < 1.29 is 14.3 Å². The highest BCUT2D eigenvalue weighted by molar-refractivity contribution is 6.17. The third kappa shape index (κ3) is 6.02. The number of hydrogen-bond donors (Lipinski definition) is 3. The molecule has 3 aromatic rings. The molecule has 0 spiro atoms. The van der Waals surface area contributed by atoms with Gasteiger partial charge in [-0.2, -0.15) is 5.10 Å². The molecule has 1 saturated heterocycles. The Kier molecular flexibility index (Phi) is 7.23. The van der Waals surface area contributed by atoms with E-state index in [9.17, 15) is 9.59 Å². The molecule has 39 heavy (non-hydrogen) atoms. The van der Waals surface area contributed by atoms with Gasteiger partial charge in [-0.05, 0) is 64.1 Å². The lowest BCUT2D eigenvalue weighted by Gasteiger charge is -2.32. The predicted octanol–water partition coefficient (Wildman–Crippen LogP) is 3.78. The molecule has 204 valence electrons. The van der Waals surface area contributed by atoms with E-state index in [0.717, 1.165) is 29.6 Å². The smallest absolute Gasteiger partial charge is 0.410 e. The minimum atomic E-state index is -0.583. The molecule has 3 N–H and O–H groups in total. The summed E-state index contributed by atoms with van der Waals surface area (Å²) in [4.78, 5) is 40.4. The van der Waals surface area contributed by atoms with E-state index in [1.54, 1.807) is 47.3 Å². The first kappa shape index (κ1) is 26.2. The molecule has 2 atom stereocenters. The first-order valence-corrected chi connectivity index (χ1v) is 13.1. The molecule has 0 radical (unpaired) electrons. The highest BCUT2D eigenvalue weighted by Gasteiger charge is 2.38. The lowest BCUT2D eigenvalue weighted by molar-refractivity contribution is -0.112. The Morgan fingerprint density at radius 3 is 2.74 bits per heavy atom. The van der Waals surface area contributed by atoms with Crippen molar-refractivity contribution in [1.29, 1.82) is 0 Å². The second kappa shape index (κ2) is 10.8.